The molecule has 25 heavy (non-hydrogen) atoms. The van der Waals surface area contributed by atoms with Crippen LogP contribution in [0.2, 0.25) is 0 Å². The van der Waals surface area contributed by atoms with Gasteiger partial charge in [0.15, 0.2) is 5.78 Å². The fourth-order valence-electron chi connectivity index (χ4n) is 2.74. The van der Waals surface area contributed by atoms with Gasteiger partial charge >= 0.3 is 0 Å². The van der Waals surface area contributed by atoms with Crippen LogP contribution < -0.4 is 10.5 Å². The van der Waals surface area contributed by atoms with Crippen molar-refractivity contribution in [1.29, 1.82) is 0 Å². The van der Waals surface area contributed by atoms with Gasteiger partial charge in [0.2, 0.25) is 0 Å². The van der Waals surface area contributed by atoms with E-state index in [9.17, 15) is 4.79 Å². The molecule has 0 bridgehead atoms. The van der Waals surface area contributed by atoms with Crippen LogP contribution in [0.5, 0.6) is 11.5 Å². The molecule has 0 aliphatic rings. The molecule has 0 fully saturated rings. The summed E-state index contributed by atoms with van der Waals surface area (Å²) in [5, 5.41) is 0. The Hall–Kier alpha value is -3.07. The largest absolute Gasteiger partial charge is 0.455 e. The zero-order chi connectivity index (χ0) is 17.6. The topological polar surface area (TPSA) is 52.3 Å². The molecule has 0 atom stereocenters. The maximum atomic E-state index is 12.5. The lowest BCUT2D eigenvalue weighted by atomic mass is 10.0. The molecule has 0 saturated carbocycles. The molecule has 3 nitrogen and oxygen atoms in total. The molecule has 0 radical (unpaired) electrons. The maximum Gasteiger partial charge on any atom is 0.193 e. The van der Waals surface area contributed by atoms with Gasteiger partial charge in [-0.2, -0.15) is 0 Å². The SMILES string of the molecule is CCCc1ccccc1Oc1ccc(C(=O)c2ccccc2)cc1N. The van der Waals surface area contributed by atoms with Crippen molar-refractivity contribution in [2.45, 2.75) is 19.8 Å². The van der Waals surface area contributed by atoms with Crippen molar-refractivity contribution in [3.63, 3.8) is 0 Å². The summed E-state index contributed by atoms with van der Waals surface area (Å²) in [7, 11) is 0. The van der Waals surface area contributed by atoms with E-state index in [1.807, 2.05) is 36.4 Å². The molecule has 0 spiro atoms. The van der Waals surface area contributed by atoms with Crippen LogP contribution in [0.3, 0.4) is 0 Å². The molecule has 126 valence electrons. The van der Waals surface area contributed by atoms with Gasteiger partial charge in [-0.25, -0.2) is 0 Å². The highest BCUT2D eigenvalue weighted by Gasteiger charge is 2.12. The normalized spacial score (nSPS) is 10.4. The van der Waals surface area contributed by atoms with Crippen molar-refractivity contribution in [3.05, 3.63) is 89.5 Å². The zero-order valence-corrected chi connectivity index (χ0v) is 14.2. The third-order valence-electron chi connectivity index (χ3n) is 4.02. The molecule has 0 aliphatic carbocycles. The van der Waals surface area contributed by atoms with Gasteiger partial charge in [0, 0.05) is 11.1 Å². The number of aryl methyl sites for hydroxylation is 1. The van der Waals surface area contributed by atoms with Gasteiger partial charge in [0.05, 0.1) is 5.69 Å². The number of ether oxygens (including phenoxy) is 1. The zero-order valence-electron chi connectivity index (χ0n) is 14.2. The van der Waals surface area contributed by atoms with Gasteiger partial charge in [-0.3, -0.25) is 4.79 Å². The fourth-order valence-corrected chi connectivity index (χ4v) is 2.74. The predicted octanol–water partition coefficient (Wildman–Crippen LogP) is 5.24. The first-order valence-electron chi connectivity index (χ1n) is 8.44. The van der Waals surface area contributed by atoms with Crippen molar-refractivity contribution in [2.24, 2.45) is 0 Å². The summed E-state index contributed by atoms with van der Waals surface area (Å²) in [6.07, 6.45) is 1.99. The van der Waals surface area contributed by atoms with Gasteiger partial charge in [0.1, 0.15) is 11.5 Å². The number of carbonyl (C=O) groups excluding carboxylic acids is 1. The van der Waals surface area contributed by atoms with E-state index >= 15 is 0 Å². The van der Waals surface area contributed by atoms with Crippen LogP contribution in [0.15, 0.2) is 72.8 Å². The number of benzene rings is 3. The Morgan fingerprint density at radius 2 is 1.60 bits per heavy atom. The third-order valence-corrected chi connectivity index (χ3v) is 4.02. The minimum Gasteiger partial charge on any atom is -0.455 e. The van der Waals surface area contributed by atoms with Crippen molar-refractivity contribution < 1.29 is 9.53 Å². The summed E-state index contributed by atoms with van der Waals surface area (Å²) in [4.78, 5) is 12.5. The smallest absolute Gasteiger partial charge is 0.193 e. The quantitative estimate of drug-likeness (QED) is 0.496. The summed E-state index contributed by atoms with van der Waals surface area (Å²) < 4.78 is 6.00. The number of nitrogens with two attached hydrogens (primary N) is 1. The first-order valence-corrected chi connectivity index (χ1v) is 8.44. The van der Waals surface area contributed by atoms with Crippen LogP contribution in [-0.4, -0.2) is 5.78 Å². The maximum absolute atomic E-state index is 12.5. The number of rotatable bonds is 6. The van der Waals surface area contributed by atoms with Crippen LogP contribution in [0.4, 0.5) is 5.69 Å². The average molecular weight is 331 g/mol. The highest BCUT2D eigenvalue weighted by molar-refractivity contribution is 6.09. The molecule has 0 saturated heterocycles. The van der Waals surface area contributed by atoms with Gasteiger partial charge in [-0.15, -0.1) is 0 Å². The molecule has 3 heteroatoms. The Balaban J connectivity index is 1.85. The van der Waals surface area contributed by atoms with Gasteiger partial charge in [0.25, 0.3) is 0 Å². The minimum absolute atomic E-state index is 0.0507. The number of carbonyl (C=O) groups is 1. The second-order valence-electron chi connectivity index (χ2n) is 5.91. The lowest BCUT2D eigenvalue weighted by Gasteiger charge is -2.13. The van der Waals surface area contributed by atoms with Crippen molar-refractivity contribution in [2.75, 3.05) is 5.73 Å². The molecule has 3 aromatic carbocycles. The molecule has 2 N–H and O–H groups in total. The Morgan fingerprint density at radius 1 is 0.880 bits per heavy atom. The molecule has 3 rings (SSSR count). The van der Waals surface area contributed by atoms with Crippen LogP contribution >= 0.6 is 0 Å². The number of hydrogen-bond acceptors (Lipinski definition) is 3. The van der Waals surface area contributed by atoms with Crippen molar-refractivity contribution in [1.82, 2.24) is 0 Å². The lowest BCUT2D eigenvalue weighted by molar-refractivity contribution is 0.103. The number of ketones is 1. The molecular formula is C22H21NO2. The second-order valence-corrected chi connectivity index (χ2v) is 5.91. The van der Waals surface area contributed by atoms with Gasteiger partial charge in [-0.1, -0.05) is 61.9 Å². The van der Waals surface area contributed by atoms with E-state index in [2.05, 4.69) is 13.0 Å². The number of hydrogen-bond donors (Lipinski definition) is 1. The second kappa shape index (κ2) is 7.67. The Morgan fingerprint density at radius 3 is 2.32 bits per heavy atom. The molecule has 0 aromatic heterocycles. The van der Waals surface area contributed by atoms with Crippen LogP contribution in [0.25, 0.3) is 0 Å². The summed E-state index contributed by atoms with van der Waals surface area (Å²) >= 11 is 0. The summed E-state index contributed by atoms with van der Waals surface area (Å²) in [5.41, 5.74) is 8.93. The number of anilines is 1. The molecule has 0 aliphatic heterocycles. The molecule has 3 aromatic rings. The lowest BCUT2D eigenvalue weighted by Crippen LogP contribution is -2.03. The fraction of sp³-hybridized carbons (Fsp3) is 0.136. The van der Waals surface area contributed by atoms with Crippen LogP contribution in [0.1, 0.15) is 34.8 Å². The van der Waals surface area contributed by atoms with E-state index in [1.54, 1.807) is 30.3 Å². The third kappa shape index (κ3) is 3.89. The first-order chi connectivity index (χ1) is 12.2. The van der Waals surface area contributed by atoms with Crippen molar-refractivity contribution in [3.8, 4) is 11.5 Å². The molecule has 0 amide bonds. The van der Waals surface area contributed by atoms with E-state index in [4.69, 9.17) is 10.5 Å². The van der Waals surface area contributed by atoms with E-state index in [0.29, 0.717) is 22.6 Å². The Kier molecular flexibility index (Phi) is 5.14. The van der Waals surface area contributed by atoms with Crippen LogP contribution in [0, 0.1) is 0 Å². The minimum atomic E-state index is -0.0507. The summed E-state index contributed by atoms with van der Waals surface area (Å²) in [6.45, 7) is 2.13. The predicted molar refractivity (Wildman–Crippen MR) is 101 cm³/mol. The Bertz CT molecular complexity index is 872. The summed E-state index contributed by atoms with van der Waals surface area (Å²) in [6, 6.07) is 22.3. The summed E-state index contributed by atoms with van der Waals surface area (Å²) in [5.74, 6) is 1.32. The van der Waals surface area contributed by atoms with E-state index in [-0.39, 0.29) is 5.78 Å². The Labute approximate surface area is 148 Å². The van der Waals surface area contributed by atoms with E-state index < -0.39 is 0 Å². The van der Waals surface area contributed by atoms with Gasteiger partial charge < -0.3 is 10.5 Å². The number of para-hydroxylation sites is 1. The highest BCUT2D eigenvalue weighted by Crippen LogP contribution is 2.31. The average Bonchev–Trinajstić information content (AvgIpc) is 2.65. The monoisotopic (exact) mass is 331 g/mol. The van der Waals surface area contributed by atoms with E-state index in [0.717, 1.165) is 24.2 Å². The van der Waals surface area contributed by atoms with Gasteiger partial charge in [-0.05, 0) is 36.2 Å². The molecule has 0 unspecified atom stereocenters. The molecule has 0 heterocycles. The standard InChI is InChI=1S/C22H21NO2/c1-2-8-16-9-6-7-12-20(16)25-21-14-13-18(15-19(21)23)22(24)17-10-4-3-5-11-17/h3-7,9-15H,2,8,23H2,1H3. The number of nitrogen functional groups attached to an aromatic ring is 1. The first kappa shape index (κ1) is 16.8. The highest BCUT2D eigenvalue weighted by atomic mass is 16.5. The molecular weight excluding hydrogens is 310 g/mol. The van der Waals surface area contributed by atoms with Crippen LogP contribution in [-0.2, 0) is 6.42 Å². The van der Waals surface area contributed by atoms with Crippen molar-refractivity contribution >= 4 is 11.5 Å². The van der Waals surface area contributed by atoms with E-state index in [1.165, 1.54) is 0 Å².